The molecule has 2 aromatic carbocycles. The quantitative estimate of drug-likeness (QED) is 0.617. The number of likely N-dealkylation sites (N-methyl/N-ethyl adjacent to an activating group) is 1. The van der Waals surface area contributed by atoms with Gasteiger partial charge in [-0.05, 0) is 18.2 Å². The normalized spacial score (nSPS) is 16.7. The van der Waals surface area contributed by atoms with Crippen molar-refractivity contribution in [2.75, 3.05) is 31.6 Å². The summed E-state index contributed by atoms with van der Waals surface area (Å²) in [5.74, 6) is -0.801. The average molecular weight is 429 g/mol. The Labute approximate surface area is 181 Å². The second kappa shape index (κ2) is 9.75. The topological polar surface area (TPSA) is 73.8 Å². The van der Waals surface area contributed by atoms with Crippen molar-refractivity contribution in [3.8, 4) is 0 Å². The van der Waals surface area contributed by atoms with Gasteiger partial charge in [-0.1, -0.05) is 30.3 Å². The Kier molecular flexibility index (Phi) is 7.10. The summed E-state index contributed by atoms with van der Waals surface area (Å²) in [5, 5.41) is 4.82. The number of thiol groups is 1. The van der Waals surface area contributed by atoms with E-state index in [0.29, 0.717) is 24.4 Å². The number of amides is 2. The van der Waals surface area contributed by atoms with E-state index in [-0.39, 0.29) is 30.2 Å². The summed E-state index contributed by atoms with van der Waals surface area (Å²) in [6, 6.07) is 14.2. The maximum Gasteiger partial charge on any atom is 0.234 e. The summed E-state index contributed by atoms with van der Waals surface area (Å²) in [5.41, 5.74) is 2.81. The molecule has 0 aromatic heterocycles. The van der Waals surface area contributed by atoms with Gasteiger partial charge in [-0.2, -0.15) is 12.6 Å². The van der Waals surface area contributed by atoms with Crippen molar-refractivity contribution in [2.24, 2.45) is 4.99 Å². The zero-order chi connectivity index (χ0) is 21.7. The number of benzene rings is 2. The van der Waals surface area contributed by atoms with Crippen LogP contribution in [0.3, 0.4) is 0 Å². The number of benzodiazepines with no additional fused rings is 1. The van der Waals surface area contributed by atoms with Crippen LogP contribution >= 0.6 is 12.6 Å². The standard InChI is InChI=1S/C22H25FN4O2S/c1-14(28)24-13-20(30)22(29)26-12-15-11-25-21(16-7-3-5-9-18(16)23)17-8-4-6-10-19(17)27(15)2/h3-10,15,20,30H,11-13H2,1-2H3,(H,24,28)(H,26,29). The molecular formula is C22H25FN4O2S. The Morgan fingerprint density at radius 3 is 2.53 bits per heavy atom. The van der Waals surface area contributed by atoms with E-state index in [9.17, 15) is 14.0 Å². The molecule has 2 atom stereocenters. The average Bonchev–Trinajstić information content (AvgIpc) is 2.87. The number of fused-ring (bicyclic) bond motifs is 1. The number of hydrogen-bond donors (Lipinski definition) is 3. The second-order valence-electron chi connectivity index (χ2n) is 7.15. The van der Waals surface area contributed by atoms with Gasteiger partial charge in [0, 0.05) is 43.9 Å². The molecular weight excluding hydrogens is 403 g/mol. The molecule has 3 rings (SSSR count). The first-order chi connectivity index (χ1) is 14.4. The molecule has 2 amide bonds. The SMILES string of the molecule is CC(=O)NCC(S)C(=O)NCC1CN=C(c2ccccc2F)c2ccccc2N1C. The summed E-state index contributed by atoms with van der Waals surface area (Å²) in [7, 11) is 1.94. The van der Waals surface area contributed by atoms with Gasteiger partial charge in [0.15, 0.2) is 0 Å². The number of nitrogens with zero attached hydrogens (tertiary/aromatic N) is 2. The van der Waals surface area contributed by atoms with Crippen LogP contribution < -0.4 is 15.5 Å². The van der Waals surface area contributed by atoms with Crippen molar-refractivity contribution < 1.29 is 14.0 Å². The molecule has 2 unspecified atom stereocenters. The molecule has 0 aliphatic carbocycles. The highest BCUT2D eigenvalue weighted by atomic mass is 32.1. The molecule has 0 spiro atoms. The van der Waals surface area contributed by atoms with Gasteiger partial charge in [0.05, 0.1) is 23.5 Å². The lowest BCUT2D eigenvalue weighted by atomic mass is 10.00. The lowest BCUT2D eigenvalue weighted by molar-refractivity contribution is -0.121. The first-order valence-corrected chi connectivity index (χ1v) is 10.2. The second-order valence-corrected chi connectivity index (χ2v) is 7.77. The lowest BCUT2D eigenvalue weighted by Crippen LogP contribution is -2.47. The molecule has 2 N–H and O–H groups in total. The maximum absolute atomic E-state index is 14.5. The molecule has 0 saturated carbocycles. The number of para-hydroxylation sites is 1. The predicted octanol–water partition coefficient (Wildman–Crippen LogP) is 2.03. The molecule has 158 valence electrons. The number of anilines is 1. The Morgan fingerprint density at radius 1 is 1.17 bits per heavy atom. The van der Waals surface area contributed by atoms with Crippen molar-refractivity contribution in [1.82, 2.24) is 10.6 Å². The summed E-state index contributed by atoms with van der Waals surface area (Å²) in [6.45, 7) is 2.28. The third-order valence-corrected chi connectivity index (χ3v) is 5.45. The van der Waals surface area contributed by atoms with Crippen LogP contribution in [0.2, 0.25) is 0 Å². The molecule has 2 aromatic rings. The number of carbonyl (C=O) groups is 2. The van der Waals surface area contributed by atoms with Gasteiger partial charge in [-0.3, -0.25) is 14.6 Å². The van der Waals surface area contributed by atoms with Crippen LogP contribution in [0.25, 0.3) is 0 Å². The first-order valence-electron chi connectivity index (χ1n) is 9.70. The molecule has 1 aliphatic rings. The fourth-order valence-corrected chi connectivity index (χ4v) is 3.52. The molecule has 0 fully saturated rings. The smallest absolute Gasteiger partial charge is 0.234 e. The van der Waals surface area contributed by atoms with Crippen molar-refractivity contribution in [3.63, 3.8) is 0 Å². The van der Waals surface area contributed by atoms with Crippen LogP contribution in [0, 0.1) is 5.82 Å². The summed E-state index contributed by atoms with van der Waals surface area (Å²) >= 11 is 4.25. The van der Waals surface area contributed by atoms with Crippen LogP contribution in [0.1, 0.15) is 18.1 Å². The van der Waals surface area contributed by atoms with Gasteiger partial charge >= 0.3 is 0 Å². The van der Waals surface area contributed by atoms with Crippen molar-refractivity contribution >= 4 is 35.8 Å². The van der Waals surface area contributed by atoms with E-state index < -0.39 is 5.25 Å². The highest BCUT2D eigenvalue weighted by molar-refractivity contribution is 7.81. The minimum Gasteiger partial charge on any atom is -0.367 e. The number of hydrogen-bond acceptors (Lipinski definition) is 5. The van der Waals surface area contributed by atoms with Crippen molar-refractivity contribution in [1.29, 1.82) is 0 Å². The van der Waals surface area contributed by atoms with Crippen molar-refractivity contribution in [3.05, 3.63) is 65.5 Å². The van der Waals surface area contributed by atoms with E-state index >= 15 is 0 Å². The van der Waals surface area contributed by atoms with E-state index in [1.807, 2.05) is 36.2 Å². The Bertz CT molecular complexity index is 966. The first kappa shape index (κ1) is 21.8. The number of nitrogens with one attached hydrogen (secondary N) is 2. The zero-order valence-corrected chi connectivity index (χ0v) is 17.8. The van der Waals surface area contributed by atoms with Gasteiger partial charge in [0.1, 0.15) is 5.82 Å². The van der Waals surface area contributed by atoms with E-state index in [1.165, 1.54) is 13.0 Å². The maximum atomic E-state index is 14.5. The minimum atomic E-state index is -0.644. The van der Waals surface area contributed by atoms with E-state index in [2.05, 4.69) is 23.3 Å². The largest absolute Gasteiger partial charge is 0.367 e. The molecule has 8 heteroatoms. The van der Waals surface area contributed by atoms with E-state index in [0.717, 1.165) is 11.3 Å². The van der Waals surface area contributed by atoms with E-state index in [4.69, 9.17) is 4.99 Å². The third-order valence-electron chi connectivity index (χ3n) is 5.03. The summed E-state index contributed by atoms with van der Waals surface area (Å²) in [4.78, 5) is 30.1. The number of aliphatic imine (C=N–C) groups is 1. The molecule has 30 heavy (non-hydrogen) atoms. The minimum absolute atomic E-state index is 0.124. The molecule has 0 radical (unpaired) electrons. The molecule has 1 heterocycles. The van der Waals surface area contributed by atoms with Crippen LogP contribution in [-0.4, -0.2) is 55.5 Å². The zero-order valence-electron chi connectivity index (χ0n) is 16.9. The number of halogens is 1. The van der Waals surface area contributed by atoms with Gasteiger partial charge in [0.2, 0.25) is 11.8 Å². The molecule has 1 aliphatic heterocycles. The van der Waals surface area contributed by atoms with Crippen LogP contribution in [0.15, 0.2) is 53.5 Å². The molecule has 0 bridgehead atoms. The predicted molar refractivity (Wildman–Crippen MR) is 120 cm³/mol. The van der Waals surface area contributed by atoms with Crippen LogP contribution in [-0.2, 0) is 9.59 Å². The molecule has 0 saturated heterocycles. The fourth-order valence-electron chi connectivity index (χ4n) is 3.34. The third kappa shape index (κ3) is 4.99. The van der Waals surface area contributed by atoms with E-state index in [1.54, 1.807) is 18.2 Å². The van der Waals surface area contributed by atoms with Gasteiger partial charge in [-0.25, -0.2) is 4.39 Å². The summed E-state index contributed by atoms with van der Waals surface area (Å²) < 4.78 is 14.5. The van der Waals surface area contributed by atoms with Crippen LogP contribution in [0.5, 0.6) is 0 Å². The Morgan fingerprint density at radius 2 is 1.83 bits per heavy atom. The van der Waals surface area contributed by atoms with Crippen molar-refractivity contribution in [2.45, 2.75) is 18.2 Å². The fraction of sp³-hybridized carbons (Fsp3) is 0.318. The van der Waals surface area contributed by atoms with Gasteiger partial charge in [0.25, 0.3) is 0 Å². The monoisotopic (exact) mass is 428 g/mol. The number of carbonyl (C=O) groups excluding carboxylic acids is 2. The molecule has 6 nitrogen and oxygen atoms in total. The Balaban J connectivity index is 1.80. The Hall–Kier alpha value is -2.87. The van der Waals surface area contributed by atoms with Crippen LogP contribution in [0.4, 0.5) is 10.1 Å². The van der Waals surface area contributed by atoms with Gasteiger partial charge in [-0.15, -0.1) is 0 Å². The number of rotatable bonds is 6. The van der Waals surface area contributed by atoms with Gasteiger partial charge < -0.3 is 15.5 Å². The highest BCUT2D eigenvalue weighted by Crippen LogP contribution is 2.28. The lowest BCUT2D eigenvalue weighted by Gasteiger charge is -2.29. The highest BCUT2D eigenvalue weighted by Gasteiger charge is 2.26. The summed E-state index contributed by atoms with van der Waals surface area (Å²) in [6.07, 6.45) is 0.